The van der Waals surface area contributed by atoms with Crippen molar-refractivity contribution in [3.05, 3.63) is 64.7 Å². The molecule has 4 N–H and O–H groups in total. The Morgan fingerprint density at radius 2 is 2.12 bits per heavy atom. The van der Waals surface area contributed by atoms with Gasteiger partial charge in [0.15, 0.2) is 0 Å². The molecule has 8 heteroatoms. The number of nitrogens with one attached hydrogen (secondary N) is 2. The summed E-state index contributed by atoms with van der Waals surface area (Å²) in [6.45, 7) is 6.50. The van der Waals surface area contributed by atoms with Crippen molar-refractivity contribution in [2.45, 2.75) is 33.8 Å². The van der Waals surface area contributed by atoms with Crippen LogP contribution in [0.4, 0.5) is 10.5 Å². The summed E-state index contributed by atoms with van der Waals surface area (Å²) in [5.74, 6) is 6.37. The Kier molecular flexibility index (Phi) is 9.65. The second-order valence-corrected chi connectivity index (χ2v) is 7.16. The van der Waals surface area contributed by atoms with Gasteiger partial charge >= 0.3 is 6.03 Å². The van der Waals surface area contributed by atoms with Crippen molar-refractivity contribution in [1.82, 2.24) is 5.01 Å². The van der Waals surface area contributed by atoms with E-state index in [9.17, 15) is 4.79 Å². The third-order valence-electron chi connectivity index (χ3n) is 4.93. The van der Waals surface area contributed by atoms with Crippen molar-refractivity contribution in [3.63, 3.8) is 0 Å². The van der Waals surface area contributed by atoms with Gasteiger partial charge in [-0.1, -0.05) is 30.2 Å². The van der Waals surface area contributed by atoms with E-state index in [1.165, 1.54) is 7.05 Å². The van der Waals surface area contributed by atoms with Crippen LogP contribution in [0.25, 0.3) is 5.70 Å². The normalized spacial score (nSPS) is 11.0. The molecule has 0 aliphatic rings. The van der Waals surface area contributed by atoms with Gasteiger partial charge in [-0.3, -0.25) is 4.99 Å². The third kappa shape index (κ3) is 7.21. The molecule has 0 saturated carbocycles. The van der Waals surface area contributed by atoms with E-state index in [4.69, 9.17) is 16.0 Å². The summed E-state index contributed by atoms with van der Waals surface area (Å²) in [5, 5.41) is 6.84. The van der Waals surface area contributed by atoms with Gasteiger partial charge in [-0.2, -0.15) is 10.5 Å². The summed E-state index contributed by atoms with van der Waals surface area (Å²) >= 11 is 0. The number of hydrogen-bond donors (Lipinski definition) is 3. The molecule has 0 aliphatic heterocycles. The number of carbonyl (C=O) groups is 1. The van der Waals surface area contributed by atoms with Gasteiger partial charge in [0.1, 0.15) is 12.4 Å². The van der Waals surface area contributed by atoms with Crippen LogP contribution >= 0.6 is 0 Å². The minimum Gasteiger partial charge on any atom is -0.489 e. The molecular weight excluding hydrogens is 416 g/mol. The molecule has 0 fully saturated rings. The molecule has 0 atom stereocenters. The zero-order valence-corrected chi connectivity index (χ0v) is 19.5. The second-order valence-electron chi connectivity index (χ2n) is 7.16. The van der Waals surface area contributed by atoms with Crippen molar-refractivity contribution in [3.8, 4) is 17.6 Å². The van der Waals surface area contributed by atoms with Crippen molar-refractivity contribution in [2.24, 2.45) is 15.9 Å². The van der Waals surface area contributed by atoms with Gasteiger partial charge in [0.2, 0.25) is 0 Å². The van der Waals surface area contributed by atoms with Crippen LogP contribution < -0.4 is 15.8 Å². The van der Waals surface area contributed by atoms with Crippen LogP contribution in [0.3, 0.4) is 0 Å². The van der Waals surface area contributed by atoms with E-state index >= 15 is 0 Å². The molecule has 8 nitrogen and oxygen atoms in total. The maximum absolute atomic E-state index is 12.2. The number of benzene rings is 2. The zero-order valence-electron chi connectivity index (χ0n) is 19.5. The second kappa shape index (κ2) is 12.7. The number of aryl methyl sites for hydroxylation is 2. The quantitative estimate of drug-likeness (QED) is 0.219. The lowest BCUT2D eigenvalue weighted by Gasteiger charge is -2.18. The fourth-order valence-corrected chi connectivity index (χ4v) is 3.04. The molecule has 0 saturated heterocycles. The number of amides is 2. The monoisotopic (exact) mass is 446 g/mol. The Morgan fingerprint density at radius 1 is 1.33 bits per heavy atom. The van der Waals surface area contributed by atoms with Crippen molar-refractivity contribution in [1.29, 1.82) is 5.53 Å². The highest BCUT2D eigenvalue weighted by atomic mass is 16.5. The van der Waals surface area contributed by atoms with Crippen LogP contribution in [-0.4, -0.2) is 30.8 Å². The molecule has 2 rings (SSSR count). The molecular formula is C25H30N6O2. The van der Waals surface area contributed by atoms with Crippen molar-refractivity contribution < 1.29 is 9.53 Å². The Hall–Kier alpha value is -4.12. The predicted molar refractivity (Wildman–Crippen MR) is 132 cm³/mol. The highest BCUT2D eigenvalue weighted by Gasteiger charge is 2.14. The number of carbonyl (C=O) groups excluding carboxylic acids is 1. The summed E-state index contributed by atoms with van der Waals surface area (Å²) < 4.78 is 6.11. The molecule has 33 heavy (non-hydrogen) atoms. The van der Waals surface area contributed by atoms with Crippen molar-refractivity contribution in [2.75, 3.05) is 18.9 Å². The van der Waals surface area contributed by atoms with Crippen LogP contribution in [0.2, 0.25) is 0 Å². The first-order valence-corrected chi connectivity index (χ1v) is 10.5. The van der Waals surface area contributed by atoms with Gasteiger partial charge in [-0.05, 0) is 67.3 Å². The fraction of sp³-hybridized carbons (Fsp3) is 0.280. The maximum Gasteiger partial charge on any atom is 0.343 e. The number of nitrogens with two attached hydrogens (primary N) is 1. The van der Waals surface area contributed by atoms with E-state index in [0.717, 1.165) is 39.4 Å². The highest BCUT2D eigenvalue weighted by molar-refractivity contribution is 5.90. The lowest BCUT2D eigenvalue weighted by Crippen LogP contribution is -2.27. The SMILES string of the molecule is CC#CCN=CC=C(N)c1ccc(OCc2c(CC)cccc2NC(=O)N(C)N=N)c(C)c1. The van der Waals surface area contributed by atoms with E-state index in [-0.39, 0.29) is 6.61 Å². The average molecular weight is 447 g/mol. The van der Waals surface area contributed by atoms with Gasteiger partial charge in [0.05, 0.1) is 6.54 Å². The first kappa shape index (κ1) is 25.1. The van der Waals surface area contributed by atoms with E-state index in [1.807, 2.05) is 50.2 Å². The zero-order chi connectivity index (χ0) is 24.2. The Labute approximate surface area is 195 Å². The predicted octanol–water partition coefficient (Wildman–Crippen LogP) is 4.94. The van der Waals surface area contributed by atoms with Gasteiger partial charge in [0.25, 0.3) is 0 Å². The summed E-state index contributed by atoms with van der Waals surface area (Å²) in [4.78, 5) is 16.3. The number of urea groups is 1. The summed E-state index contributed by atoms with van der Waals surface area (Å²) in [6, 6.07) is 10.9. The van der Waals surface area contributed by atoms with E-state index in [2.05, 4.69) is 27.4 Å². The van der Waals surface area contributed by atoms with Crippen LogP contribution in [0.5, 0.6) is 5.75 Å². The first-order valence-electron chi connectivity index (χ1n) is 10.5. The summed E-state index contributed by atoms with van der Waals surface area (Å²) in [7, 11) is 1.42. The fourth-order valence-electron chi connectivity index (χ4n) is 3.04. The standard InChI is InChI=1S/C25H30N6O2/c1-5-7-14-28-15-13-22(26)20-11-12-24(18(3)16-20)33-17-21-19(6-2)9-8-10-23(21)29-25(32)31(4)30-27/h8-13,15-16,27H,6,14,17,26H2,1-4H3,(H,29,32). The number of rotatable bonds is 9. The molecule has 0 radical (unpaired) electrons. The average Bonchev–Trinajstić information content (AvgIpc) is 2.82. The minimum atomic E-state index is -0.493. The summed E-state index contributed by atoms with van der Waals surface area (Å²) in [5.41, 5.74) is 18.1. The smallest absolute Gasteiger partial charge is 0.343 e. The minimum absolute atomic E-state index is 0.276. The third-order valence-corrected chi connectivity index (χ3v) is 4.93. The van der Waals surface area contributed by atoms with Crippen LogP contribution in [0.15, 0.2) is 52.7 Å². The Balaban J connectivity index is 2.18. The number of ether oxygens (including phenoxy) is 1. The van der Waals surface area contributed by atoms with E-state index in [0.29, 0.717) is 17.9 Å². The first-order chi connectivity index (χ1) is 15.9. The van der Waals surface area contributed by atoms with E-state index < -0.39 is 6.03 Å². The van der Waals surface area contributed by atoms with Crippen LogP contribution in [0, 0.1) is 24.3 Å². The van der Waals surface area contributed by atoms with Gasteiger partial charge in [-0.15, -0.1) is 5.92 Å². The number of hydrogen-bond acceptors (Lipinski definition) is 6. The molecule has 2 aromatic carbocycles. The Morgan fingerprint density at radius 3 is 2.79 bits per heavy atom. The molecule has 0 bridgehead atoms. The molecule has 2 aromatic rings. The lowest BCUT2D eigenvalue weighted by atomic mass is 10.0. The van der Waals surface area contributed by atoms with Crippen molar-refractivity contribution >= 4 is 23.6 Å². The number of nitrogens with zero attached hydrogens (tertiary/aromatic N) is 3. The molecule has 0 aromatic heterocycles. The lowest BCUT2D eigenvalue weighted by molar-refractivity contribution is 0.220. The topological polar surface area (TPSA) is 116 Å². The summed E-state index contributed by atoms with van der Waals surface area (Å²) in [6.07, 6.45) is 4.19. The molecule has 0 aliphatic carbocycles. The van der Waals surface area contributed by atoms with Crippen LogP contribution in [0.1, 0.15) is 36.1 Å². The molecule has 172 valence electrons. The maximum atomic E-state index is 12.2. The van der Waals surface area contributed by atoms with Gasteiger partial charge < -0.3 is 15.8 Å². The van der Waals surface area contributed by atoms with Gasteiger partial charge in [0, 0.05) is 30.2 Å². The largest absolute Gasteiger partial charge is 0.489 e. The molecule has 0 heterocycles. The van der Waals surface area contributed by atoms with Crippen LogP contribution in [-0.2, 0) is 13.0 Å². The molecule has 0 unspecified atom stereocenters. The Bertz CT molecular complexity index is 1110. The van der Waals surface area contributed by atoms with E-state index in [1.54, 1.807) is 19.2 Å². The molecule has 2 amide bonds. The highest BCUT2D eigenvalue weighted by Crippen LogP contribution is 2.26. The number of aliphatic imine (C=N–C) groups is 1. The molecule has 0 spiro atoms. The number of allylic oxidation sites excluding steroid dienone is 1. The van der Waals surface area contributed by atoms with Gasteiger partial charge in [-0.25, -0.2) is 4.79 Å². The number of anilines is 1.